The fourth-order valence-corrected chi connectivity index (χ4v) is 3.06. The Balaban J connectivity index is 1.78. The number of anilines is 2. The summed E-state index contributed by atoms with van der Waals surface area (Å²) in [5.41, 5.74) is 2.23. The predicted molar refractivity (Wildman–Crippen MR) is 99.6 cm³/mol. The van der Waals surface area contributed by atoms with Crippen LogP contribution in [0.1, 0.15) is 40.5 Å². The summed E-state index contributed by atoms with van der Waals surface area (Å²) in [6.45, 7) is 3.78. The van der Waals surface area contributed by atoms with Gasteiger partial charge in [0.2, 0.25) is 0 Å². The van der Waals surface area contributed by atoms with Gasteiger partial charge in [-0.2, -0.15) is 0 Å². The Hall–Kier alpha value is -2.89. The summed E-state index contributed by atoms with van der Waals surface area (Å²) in [5, 5.41) is 3.16. The molecule has 136 valence electrons. The van der Waals surface area contributed by atoms with E-state index in [9.17, 15) is 9.59 Å². The zero-order valence-corrected chi connectivity index (χ0v) is 15.1. The number of likely N-dealkylation sites (tertiary alicyclic amines) is 1. The summed E-state index contributed by atoms with van der Waals surface area (Å²) in [4.78, 5) is 30.7. The Bertz CT molecular complexity index is 798. The van der Waals surface area contributed by atoms with Gasteiger partial charge in [-0.25, -0.2) is 4.79 Å². The van der Waals surface area contributed by atoms with Gasteiger partial charge in [0, 0.05) is 19.3 Å². The van der Waals surface area contributed by atoms with E-state index in [1.807, 2.05) is 11.0 Å². The van der Waals surface area contributed by atoms with Gasteiger partial charge in [0.25, 0.3) is 5.91 Å². The number of carbonyl (C=O) groups is 2. The highest BCUT2D eigenvalue weighted by Gasteiger charge is 2.22. The maximum absolute atomic E-state index is 12.7. The highest BCUT2D eigenvalue weighted by molar-refractivity contribution is 5.97. The van der Waals surface area contributed by atoms with Crippen molar-refractivity contribution in [1.29, 1.82) is 0 Å². The second kappa shape index (κ2) is 7.99. The highest BCUT2D eigenvalue weighted by atomic mass is 16.5. The summed E-state index contributed by atoms with van der Waals surface area (Å²) in [5.74, 6) is 0.241. The molecule has 1 amide bonds. The van der Waals surface area contributed by atoms with E-state index in [2.05, 4.69) is 17.2 Å². The largest absolute Gasteiger partial charge is 0.465 e. The lowest BCUT2D eigenvalue weighted by Crippen LogP contribution is -2.37. The molecule has 1 aromatic heterocycles. The third kappa shape index (κ3) is 4.02. The quantitative estimate of drug-likeness (QED) is 0.852. The molecule has 1 saturated heterocycles. The molecule has 1 N–H and O–H groups in total. The molecule has 0 aliphatic carbocycles. The molecule has 6 nitrogen and oxygen atoms in total. The van der Waals surface area contributed by atoms with Crippen LogP contribution in [-0.2, 0) is 4.74 Å². The molecule has 1 aliphatic heterocycles. The molecule has 26 heavy (non-hydrogen) atoms. The average molecular weight is 353 g/mol. The van der Waals surface area contributed by atoms with E-state index >= 15 is 0 Å². The van der Waals surface area contributed by atoms with E-state index in [-0.39, 0.29) is 5.91 Å². The van der Waals surface area contributed by atoms with Gasteiger partial charge in [-0.3, -0.25) is 9.78 Å². The van der Waals surface area contributed by atoms with Crippen molar-refractivity contribution in [3.8, 4) is 0 Å². The minimum absolute atomic E-state index is 0.00527. The first-order valence-corrected chi connectivity index (χ1v) is 8.77. The topological polar surface area (TPSA) is 71.5 Å². The van der Waals surface area contributed by atoms with E-state index < -0.39 is 5.97 Å². The first-order chi connectivity index (χ1) is 12.6. The van der Waals surface area contributed by atoms with Crippen LogP contribution in [0.5, 0.6) is 0 Å². The Morgan fingerprint density at radius 2 is 1.92 bits per heavy atom. The van der Waals surface area contributed by atoms with E-state index in [4.69, 9.17) is 4.74 Å². The number of rotatable bonds is 4. The number of ether oxygens (including phenoxy) is 1. The number of hydrogen-bond donors (Lipinski definition) is 1. The predicted octanol–water partition coefficient (Wildman–Crippen LogP) is 3.48. The van der Waals surface area contributed by atoms with Crippen LogP contribution in [0.4, 0.5) is 11.4 Å². The van der Waals surface area contributed by atoms with Crippen molar-refractivity contribution in [2.75, 3.05) is 25.5 Å². The molecule has 3 rings (SSSR count). The second-order valence-electron chi connectivity index (χ2n) is 6.60. The molecule has 1 fully saturated rings. The van der Waals surface area contributed by atoms with Gasteiger partial charge in [0.1, 0.15) is 0 Å². The lowest BCUT2D eigenvalue weighted by Gasteiger charge is -2.30. The monoisotopic (exact) mass is 353 g/mol. The van der Waals surface area contributed by atoms with E-state index in [1.165, 1.54) is 7.11 Å². The number of methoxy groups -OCH3 is 1. The normalized spacial score (nSPS) is 14.8. The molecule has 0 unspecified atom stereocenters. The number of benzene rings is 1. The van der Waals surface area contributed by atoms with E-state index in [0.717, 1.165) is 25.9 Å². The van der Waals surface area contributed by atoms with Crippen LogP contribution in [-0.4, -0.2) is 42.0 Å². The molecule has 2 aromatic rings. The molecular formula is C20H23N3O3. The molecule has 6 heteroatoms. The van der Waals surface area contributed by atoms with Crippen LogP contribution in [0.2, 0.25) is 0 Å². The number of hydrogen-bond acceptors (Lipinski definition) is 5. The molecule has 0 spiro atoms. The zero-order chi connectivity index (χ0) is 18.5. The number of nitrogens with one attached hydrogen (secondary N) is 1. The maximum Gasteiger partial charge on any atom is 0.339 e. The minimum atomic E-state index is -0.421. The fraction of sp³-hybridized carbons (Fsp3) is 0.350. The minimum Gasteiger partial charge on any atom is -0.465 e. The van der Waals surface area contributed by atoms with Gasteiger partial charge in [0.05, 0.1) is 35.8 Å². The lowest BCUT2D eigenvalue weighted by molar-refractivity contribution is 0.0601. The van der Waals surface area contributed by atoms with Crippen LogP contribution in [0.25, 0.3) is 0 Å². The smallest absolute Gasteiger partial charge is 0.339 e. The van der Waals surface area contributed by atoms with Gasteiger partial charge >= 0.3 is 5.97 Å². The summed E-state index contributed by atoms with van der Waals surface area (Å²) >= 11 is 0. The van der Waals surface area contributed by atoms with Crippen molar-refractivity contribution in [2.24, 2.45) is 5.92 Å². The number of piperidine rings is 1. The van der Waals surface area contributed by atoms with Crippen molar-refractivity contribution in [3.05, 3.63) is 53.9 Å². The summed E-state index contributed by atoms with van der Waals surface area (Å²) in [6, 6.07) is 8.83. The van der Waals surface area contributed by atoms with Gasteiger partial charge in [-0.1, -0.05) is 19.1 Å². The van der Waals surface area contributed by atoms with Crippen LogP contribution >= 0.6 is 0 Å². The van der Waals surface area contributed by atoms with Crippen LogP contribution in [0, 0.1) is 5.92 Å². The zero-order valence-electron chi connectivity index (χ0n) is 15.1. The fourth-order valence-electron chi connectivity index (χ4n) is 3.06. The number of carbonyl (C=O) groups excluding carboxylic acids is 2. The molecule has 2 heterocycles. The highest BCUT2D eigenvalue weighted by Crippen LogP contribution is 2.23. The molecule has 0 atom stereocenters. The number of aromatic nitrogens is 1. The van der Waals surface area contributed by atoms with Gasteiger partial charge < -0.3 is 15.0 Å². The Labute approximate surface area is 153 Å². The first-order valence-electron chi connectivity index (χ1n) is 8.77. The Kier molecular flexibility index (Phi) is 5.51. The van der Waals surface area contributed by atoms with Crippen LogP contribution in [0.3, 0.4) is 0 Å². The Morgan fingerprint density at radius 3 is 2.65 bits per heavy atom. The molecule has 1 aliphatic rings. The average Bonchev–Trinajstić information content (AvgIpc) is 2.68. The number of esters is 1. The van der Waals surface area contributed by atoms with Crippen molar-refractivity contribution >= 4 is 23.3 Å². The standard InChI is InChI=1S/C20H23N3O3/c1-14-7-9-23(10-8-14)19(24)15-11-16(13-21-12-15)22-18-6-4-3-5-17(18)20(25)26-2/h3-6,11-14,22H,7-10H2,1-2H3. The molecule has 0 bridgehead atoms. The summed E-state index contributed by atoms with van der Waals surface area (Å²) in [7, 11) is 1.35. The Morgan fingerprint density at radius 1 is 1.19 bits per heavy atom. The van der Waals surface area contributed by atoms with E-state index in [1.54, 1.807) is 36.7 Å². The SMILES string of the molecule is COC(=O)c1ccccc1Nc1cncc(C(=O)N2CCC(C)CC2)c1. The third-order valence-corrected chi connectivity index (χ3v) is 4.67. The molecule has 1 aromatic carbocycles. The third-order valence-electron chi connectivity index (χ3n) is 4.67. The maximum atomic E-state index is 12.7. The molecular weight excluding hydrogens is 330 g/mol. The van der Waals surface area contributed by atoms with Crippen LogP contribution < -0.4 is 5.32 Å². The molecule has 0 saturated carbocycles. The summed E-state index contributed by atoms with van der Waals surface area (Å²) in [6.07, 6.45) is 5.27. The number of para-hydroxylation sites is 1. The second-order valence-corrected chi connectivity index (χ2v) is 6.60. The van der Waals surface area contributed by atoms with Crippen molar-refractivity contribution in [1.82, 2.24) is 9.88 Å². The number of pyridine rings is 1. The lowest BCUT2D eigenvalue weighted by atomic mass is 9.99. The summed E-state index contributed by atoms with van der Waals surface area (Å²) < 4.78 is 4.81. The van der Waals surface area contributed by atoms with Crippen molar-refractivity contribution in [3.63, 3.8) is 0 Å². The first kappa shape index (κ1) is 17.9. The van der Waals surface area contributed by atoms with Gasteiger partial charge in [-0.15, -0.1) is 0 Å². The van der Waals surface area contributed by atoms with E-state index in [0.29, 0.717) is 28.4 Å². The number of nitrogens with zero attached hydrogens (tertiary/aromatic N) is 2. The number of amides is 1. The van der Waals surface area contributed by atoms with Crippen LogP contribution in [0.15, 0.2) is 42.7 Å². The molecule has 0 radical (unpaired) electrons. The van der Waals surface area contributed by atoms with Gasteiger partial charge in [0.15, 0.2) is 0 Å². The van der Waals surface area contributed by atoms with Crippen molar-refractivity contribution in [2.45, 2.75) is 19.8 Å². The van der Waals surface area contributed by atoms with Crippen molar-refractivity contribution < 1.29 is 14.3 Å². The van der Waals surface area contributed by atoms with Gasteiger partial charge in [-0.05, 0) is 37.0 Å².